The molecule has 0 radical (unpaired) electrons. The van der Waals surface area contributed by atoms with Crippen LogP contribution in [0.2, 0.25) is 0 Å². The van der Waals surface area contributed by atoms with Gasteiger partial charge in [0.1, 0.15) is 0 Å². The van der Waals surface area contributed by atoms with E-state index in [4.69, 9.17) is 5.11 Å². The third-order valence-corrected chi connectivity index (χ3v) is 4.08. The van der Waals surface area contributed by atoms with E-state index in [1.165, 1.54) is 27.6 Å². The van der Waals surface area contributed by atoms with Gasteiger partial charge in [0.05, 0.1) is 12.0 Å². The fraction of sp³-hybridized carbons (Fsp3) is 0.333. The second-order valence-electron chi connectivity index (χ2n) is 3.32. The van der Waals surface area contributed by atoms with E-state index in [1.54, 1.807) is 6.92 Å². The molecule has 1 N–H and O–H groups in total. The van der Waals surface area contributed by atoms with Crippen LogP contribution in [-0.4, -0.2) is 31.9 Å². The van der Waals surface area contributed by atoms with Crippen molar-refractivity contribution in [3.8, 4) is 0 Å². The van der Waals surface area contributed by atoms with Crippen LogP contribution in [0.15, 0.2) is 9.13 Å². The molecule has 0 fully saturated rings. The lowest BCUT2D eigenvalue weighted by Crippen LogP contribution is -2.23. The van der Waals surface area contributed by atoms with Gasteiger partial charge in [-0.25, -0.2) is 4.98 Å². The van der Waals surface area contributed by atoms with Gasteiger partial charge in [-0.3, -0.25) is 9.59 Å². The van der Waals surface area contributed by atoms with E-state index in [2.05, 4.69) is 10.1 Å². The Balaban J connectivity index is 2.70. The second-order valence-corrected chi connectivity index (χ2v) is 5.33. The summed E-state index contributed by atoms with van der Waals surface area (Å²) >= 11 is 2.73. The van der Waals surface area contributed by atoms with Crippen LogP contribution in [-0.2, 0) is 11.2 Å². The number of aliphatic carboxylic acids is 1. The summed E-state index contributed by atoms with van der Waals surface area (Å²) in [6.07, 6.45) is 1.53. The molecule has 8 heteroatoms. The standard InChI is InChI=1S/C9H9N3O3S2/c1-4-5(3-6(13)14)7(15)12-8(10-4)17-9(11-12)16-2/h3H2,1-2H3,(H,13,14). The Bertz CT molecular complexity index is 647. The Labute approximate surface area is 104 Å². The summed E-state index contributed by atoms with van der Waals surface area (Å²) in [5.74, 6) is -1.05. The summed E-state index contributed by atoms with van der Waals surface area (Å²) in [7, 11) is 0. The summed E-state index contributed by atoms with van der Waals surface area (Å²) in [5.41, 5.74) is 0.244. The highest BCUT2D eigenvalue weighted by atomic mass is 32.2. The fourth-order valence-corrected chi connectivity index (χ4v) is 2.79. The van der Waals surface area contributed by atoms with Crippen molar-refractivity contribution in [3.63, 3.8) is 0 Å². The highest BCUT2D eigenvalue weighted by molar-refractivity contribution is 8.00. The smallest absolute Gasteiger partial charge is 0.308 e. The molecule has 0 bridgehead atoms. The average Bonchev–Trinajstić information content (AvgIpc) is 2.67. The molecule has 90 valence electrons. The van der Waals surface area contributed by atoms with Crippen LogP contribution in [0.25, 0.3) is 4.96 Å². The van der Waals surface area contributed by atoms with Gasteiger partial charge >= 0.3 is 5.97 Å². The Hall–Kier alpha value is -1.41. The SMILES string of the molecule is CSc1nn2c(=O)c(CC(=O)O)c(C)nc2s1. The lowest BCUT2D eigenvalue weighted by Gasteiger charge is -2.00. The zero-order valence-electron chi connectivity index (χ0n) is 9.13. The van der Waals surface area contributed by atoms with E-state index in [0.29, 0.717) is 10.7 Å². The first-order chi connectivity index (χ1) is 8.02. The number of carbonyl (C=O) groups is 1. The van der Waals surface area contributed by atoms with Crippen LogP contribution in [0.5, 0.6) is 0 Å². The number of aromatic nitrogens is 3. The third-order valence-electron chi connectivity index (χ3n) is 2.19. The monoisotopic (exact) mass is 271 g/mol. The average molecular weight is 271 g/mol. The molecule has 0 aliphatic carbocycles. The normalized spacial score (nSPS) is 10.9. The van der Waals surface area contributed by atoms with Crippen molar-refractivity contribution in [2.75, 3.05) is 6.26 Å². The number of nitrogens with zero attached hydrogens (tertiary/aromatic N) is 3. The molecule has 0 saturated carbocycles. The van der Waals surface area contributed by atoms with E-state index in [9.17, 15) is 9.59 Å². The molecule has 2 rings (SSSR count). The Morgan fingerprint density at radius 1 is 1.59 bits per heavy atom. The molecule has 0 spiro atoms. The third kappa shape index (κ3) is 2.18. The minimum atomic E-state index is -1.05. The predicted octanol–water partition coefficient (Wildman–Crippen LogP) is 0.808. The maximum atomic E-state index is 12.0. The van der Waals surface area contributed by atoms with Crippen molar-refractivity contribution in [2.45, 2.75) is 17.7 Å². The highest BCUT2D eigenvalue weighted by Gasteiger charge is 2.15. The van der Waals surface area contributed by atoms with Gasteiger partial charge in [-0.1, -0.05) is 23.1 Å². The van der Waals surface area contributed by atoms with Crippen LogP contribution in [0, 0.1) is 6.92 Å². The van der Waals surface area contributed by atoms with Crippen molar-refractivity contribution >= 4 is 34.0 Å². The molecular formula is C9H9N3O3S2. The topological polar surface area (TPSA) is 84.6 Å². The summed E-state index contributed by atoms with van der Waals surface area (Å²) in [5, 5.41) is 12.8. The maximum absolute atomic E-state index is 12.0. The van der Waals surface area contributed by atoms with Gasteiger partial charge < -0.3 is 5.11 Å². The van der Waals surface area contributed by atoms with Crippen molar-refractivity contribution in [3.05, 3.63) is 21.6 Å². The van der Waals surface area contributed by atoms with E-state index >= 15 is 0 Å². The molecule has 2 aromatic rings. The lowest BCUT2D eigenvalue weighted by molar-refractivity contribution is -0.136. The largest absolute Gasteiger partial charge is 0.481 e. The van der Waals surface area contributed by atoms with Gasteiger partial charge in [0.15, 0.2) is 4.34 Å². The Kier molecular flexibility index (Phi) is 3.16. The molecule has 0 saturated heterocycles. The molecule has 17 heavy (non-hydrogen) atoms. The number of rotatable bonds is 3. The first kappa shape index (κ1) is 12.1. The first-order valence-electron chi connectivity index (χ1n) is 4.68. The van der Waals surface area contributed by atoms with E-state index in [1.807, 2.05) is 6.26 Å². The maximum Gasteiger partial charge on any atom is 0.308 e. The summed E-state index contributed by atoms with van der Waals surface area (Å²) in [4.78, 5) is 27.4. The molecule has 0 aliphatic rings. The molecule has 0 aliphatic heterocycles. The Morgan fingerprint density at radius 2 is 2.29 bits per heavy atom. The lowest BCUT2D eigenvalue weighted by atomic mass is 10.2. The molecular weight excluding hydrogens is 262 g/mol. The molecule has 6 nitrogen and oxygen atoms in total. The quantitative estimate of drug-likeness (QED) is 0.831. The molecule has 0 unspecified atom stereocenters. The fourth-order valence-electron chi connectivity index (χ4n) is 1.40. The van der Waals surface area contributed by atoms with E-state index in [-0.39, 0.29) is 12.0 Å². The predicted molar refractivity (Wildman–Crippen MR) is 65.0 cm³/mol. The zero-order valence-corrected chi connectivity index (χ0v) is 10.8. The first-order valence-corrected chi connectivity index (χ1v) is 6.72. The summed E-state index contributed by atoms with van der Waals surface area (Å²) in [6.45, 7) is 1.64. The number of hydrogen-bond donors (Lipinski definition) is 1. The van der Waals surface area contributed by atoms with Crippen molar-refractivity contribution in [1.29, 1.82) is 0 Å². The summed E-state index contributed by atoms with van der Waals surface area (Å²) in [6, 6.07) is 0. The zero-order chi connectivity index (χ0) is 12.6. The second kappa shape index (κ2) is 4.46. The van der Waals surface area contributed by atoms with Crippen LogP contribution in [0.3, 0.4) is 0 Å². The number of fused-ring (bicyclic) bond motifs is 1. The number of hydrogen-bond acceptors (Lipinski definition) is 6. The number of carboxylic acid groups (broad SMARTS) is 1. The van der Waals surface area contributed by atoms with Crippen LogP contribution >= 0.6 is 23.1 Å². The molecule has 0 atom stereocenters. The minimum Gasteiger partial charge on any atom is -0.481 e. The van der Waals surface area contributed by atoms with Gasteiger partial charge in [0, 0.05) is 5.69 Å². The van der Waals surface area contributed by atoms with E-state index < -0.39 is 11.5 Å². The van der Waals surface area contributed by atoms with Crippen LogP contribution in [0.1, 0.15) is 11.3 Å². The van der Waals surface area contributed by atoms with E-state index in [0.717, 1.165) is 4.34 Å². The van der Waals surface area contributed by atoms with Crippen molar-refractivity contribution in [1.82, 2.24) is 14.6 Å². The van der Waals surface area contributed by atoms with Crippen LogP contribution in [0.4, 0.5) is 0 Å². The van der Waals surface area contributed by atoms with Gasteiger partial charge in [0.25, 0.3) is 5.56 Å². The van der Waals surface area contributed by atoms with Gasteiger partial charge in [0.2, 0.25) is 4.96 Å². The van der Waals surface area contributed by atoms with Crippen molar-refractivity contribution in [2.24, 2.45) is 0 Å². The summed E-state index contributed by atoms with van der Waals surface area (Å²) < 4.78 is 1.89. The van der Waals surface area contributed by atoms with Gasteiger partial charge in [-0.15, -0.1) is 5.10 Å². The molecule has 0 aromatic carbocycles. The number of thioether (sulfide) groups is 1. The van der Waals surface area contributed by atoms with Crippen LogP contribution < -0.4 is 5.56 Å². The number of carboxylic acids is 1. The minimum absolute atomic E-state index is 0.188. The molecule has 0 amide bonds. The van der Waals surface area contributed by atoms with Gasteiger partial charge in [-0.05, 0) is 13.2 Å². The Morgan fingerprint density at radius 3 is 2.88 bits per heavy atom. The molecule has 2 aromatic heterocycles. The molecule has 2 heterocycles. The van der Waals surface area contributed by atoms with Gasteiger partial charge in [-0.2, -0.15) is 4.52 Å². The highest BCUT2D eigenvalue weighted by Crippen LogP contribution is 2.20. The number of aryl methyl sites for hydroxylation is 1. The van der Waals surface area contributed by atoms with Crippen molar-refractivity contribution < 1.29 is 9.90 Å².